The van der Waals surface area contributed by atoms with Gasteiger partial charge in [0.05, 0.1) is 24.2 Å². The molecule has 6 aliphatic heterocycles. The molecule has 0 radical (unpaired) electrons. The van der Waals surface area contributed by atoms with Crippen molar-refractivity contribution in [1.82, 2.24) is 14.7 Å². The molecule has 6 amide bonds. The van der Waals surface area contributed by atoms with E-state index in [4.69, 9.17) is 32.8 Å². The molecule has 9 N–H and O–H groups in total. The summed E-state index contributed by atoms with van der Waals surface area (Å²) in [7, 11) is 0. The molecule has 123 heavy (non-hydrogen) atoms. The molecule has 7 aliphatic carbocycles. The van der Waals surface area contributed by atoms with Crippen molar-refractivity contribution < 1.29 is 86.6 Å². The van der Waals surface area contributed by atoms with Gasteiger partial charge >= 0.3 is 0 Å². The maximum atomic E-state index is 14.4. The van der Waals surface area contributed by atoms with Crippen molar-refractivity contribution in [2.24, 2.45) is 140 Å². The molecule has 6 saturated heterocycles. The number of carbonyl (C=O) groups is 17. The highest BCUT2D eigenvalue weighted by molar-refractivity contribution is 6.37. The number of amides is 6. The number of primary amides is 3. The molecule has 0 aromatic rings. The monoisotopic (exact) mass is 1710 g/mol. The second-order valence-corrected chi connectivity index (χ2v) is 42.0. The smallest absolute Gasteiger partial charge is 0.290 e. The molecule has 13 fully saturated rings. The highest BCUT2D eigenvalue weighted by Crippen LogP contribution is 2.68. The molecule has 0 aromatic carbocycles. The molecule has 17 atom stereocenters. The second kappa shape index (κ2) is 44.6. The van der Waals surface area contributed by atoms with Crippen molar-refractivity contribution in [3.05, 3.63) is 0 Å². The molecule has 0 aromatic heterocycles. The Morgan fingerprint density at radius 2 is 0.585 bits per heavy atom. The normalized spacial score (nSPS) is 32.4. The Morgan fingerprint density at radius 3 is 0.854 bits per heavy atom. The maximum Gasteiger partial charge on any atom is 0.290 e. The topological polar surface area (TPSA) is 424 Å². The highest BCUT2D eigenvalue weighted by Gasteiger charge is 2.72. The fourth-order valence-corrected chi connectivity index (χ4v) is 24.3. The van der Waals surface area contributed by atoms with Crippen molar-refractivity contribution in [1.29, 1.82) is 0 Å². The van der Waals surface area contributed by atoms with E-state index < -0.39 is 88.8 Å². The Hall–Kier alpha value is -7.05. The van der Waals surface area contributed by atoms with Crippen LogP contribution >= 0.6 is 0 Å². The number of carbonyl (C=O) groups excluding carboxylic acids is 16. The van der Waals surface area contributed by atoms with E-state index in [9.17, 15) is 76.7 Å². The first-order chi connectivity index (χ1) is 58.6. The molecule has 0 spiro atoms. The van der Waals surface area contributed by atoms with Crippen molar-refractivity contribution in [2.45, 2.75) is 374 Å². The Bertz CT molecular complexity index is 3630. The van der Waals surface area contributed by atoms with Crippen LogP contribution in [0.25, 0.3) is 0 Å². The summed E-state index contributed by atoms with van der Waals surface area (Å²) >= 11 is 0. The zero-order chi connectivity index (χ0) is 89.4. The van der Waals surface area contributed by atoms with Crippen LogP contribution in [0.15, 0.2) is 0 Å². The lowest BCUT2D eigenvalue weighted by Crippen LogP contribution is -2.52. The molecule has 7 saturated carbocycles. The van der Waals surface area contributed by atoms with E-state index in [1.165, 1.54) is 12.8 Å². The predicted octanol–water partition coefficient (Wildman–Crippen LogP) is 13.2. The first kappa shape index (κ1) is 98.1. The van der Waals surface area contributed by atoms with Gasteiger partial charge in [0.25, 0.3) is 24.2 Å². The second-order valence-electron chi connectivity index (χ2n) is 42.0. The number of hydrogen-bond donors (Lipinski definition) is 5. The number of Topliss-reactive ketones (excluding diaryl/α,β-unsaturated/α-hetero) is 10. The van der Waals surface area contributed by atoms with Gasteiger partial charge < -0.3 is 42.7 Å². The highest BCUT2D eigenvalue weighted by atomic mass is 16.3. The number of hydrogen-bond acceptors (Lipinski definition) is 18. The third-order valence-electron chi connectivity index (χ3n) is 32.4. The summed E-state index contributed by atoms with van der Waals surface area (Å²) in [5.74, 6) is -7.38. The van der Waals surface area contributed by atoms with Crippen LogP contribution in [0, 0.1) is 117 Å². The van der Waals surface area contributed by atoms with Gasteiger partial charge in [0.2, 0.25) is 35.1 Å². The van der Waals surface area contributed by atoms with Gasteiger partial charge in [-0.2, -0.15) is 0 Å². The van der Waals surface area contributed by atoms with E-state index in [-0.39, 0.29) is 197 Å². The van der Waals surface area contributed by atoms with E-state index >= 15 is 0 Å². The summed E-state index contributed by atoms with van der Waals surface area (Å²) in [6.45, 7) is 14.0. The third kappa shape index (κ3) is 25.3. The van der Waals surface area contributed by atoms with Crippen LogP contribution in [0.4, 0.5) is 0 Å². The number of nitrogens with two attached hydrogens (primary N) is 4. The third-order valence-corrected chi connectivity index (χ3v) is 32.4. The van der Waals surface area contributed by atoms with Gasteiger partial charge in [-0.15, -0.1) is 0 Å². The first-order valence-electron chi connectivity index (χ1n) is 48.5. The molecular formula is C98H151N7O18. The van der Waals surface area contributed by atoms with E-state index in [0.717, 1.165) is 212 Å². The average molecular weight is 1720 g/mol. The van der Waals surface area contributed by atoms with Crippen LogP contribution < -0.4 is 22.9 Å². The summed E-state index contributed by atoms with van der Waals surface area (Å²) in [5, 5.41) is 6.89. The van der Waals surface area contributed by atoms with E-state index in [0.29, 0.717) is 58.2 Å². The fourth-order valence-electron chi connectivity index (χ4n) is 24.3. The summed E-state index contributed by atoms with van der Waals surface area (Å²) in [5.41, 5.74) is 22.1. The quantitative estimate of drug-likeness (QED) is 0.0558. The van der Waals surface area contributed by atoms with E-state index in [1.54, 1.807) is 14.7 Å². The van der Waals surface area contributed by atoms with Crippen LogP contribution in [0.3, 0.4) is 0 Å². The maximum absolute atomic E-state index is 14.4. The first-order valence-corrected chi connectivity index (χ1v) is 48.5. The Balaban J connectivity index is 0.000000194. The minimum absolute atomic E-state index is 0.00519. The van der Waals surface area contributed by atoms with E-state index in [2.05, 4.69) is 41.5 Å². The van der Waals surface area contributed by atoms with Gasteiger partial charge in [0.1, 0.15) is 23.1 Å². The lowest BCUT2D eigenvalue weighted by atomic mass is 9.74. The minimum Gasteiger partial charge on any atom is -0.483 e. The number of piperidine rings is 3. The van der Waals surface area contributed by atoms with Gasteiger partial charge in [0.15, 0.2) is 17.3 Å². The summed E-state index contributed by atoms with van der Waals surface area (Å²) < 4.78 is 0. The zero-order valence-corrected chi connectivity index (χ0v) is 75.3. The molecule has 13 rings (SSSR count). The van der Waals surface area contributed by atoms with Crippen molar-refractivity contribution in [3.8, 4) is 0 Å². The lowest BCUT2D eigenvalue weighted by Gasteiger charge is -2.34. The van der Waals surface area contributed by atoms with Crippen LogP contribution in [0.1, 0.15) is 350 Å². The van der Waals surface area contributed by atoms with Crippen LogP contribution in [-0.2, 0) is 81.5 Å². The van der Waals surface area contributed by atoms with Gasteiger partial charge in [0, 0.05) is 118 Å². The van der Waals surface area contributed by atoms with Crippen LogP contribution in [0.2, 0.25) is 0 Å². The minimum atomic E-state index is -1.00. The zero-order valence-electron chi connectivity index (χ0n) is 75.3. The molecular weight excluding hydrogens is 1560 g/mol. The molecule has 0 unspecified atom stereocenters. The molecule has 25 nitrogen and oxygen atoms in total. The lowest BCUT2D eigenvalue weighted by molar-refractivity contribution is -0.145. The largest absolute Gasteiger partial charge is 0.483 e. The standard InChI is InChI=1S/2C37H56N2O6.C23H37N3O4.CH2O2/c2*1-37(2)29-22-39-32(31(29)37)30(41)20-25(34(43)35(38)44)15-9-6-4-3-5-7-10-16-26(36(39)45)19-27(40)21-28(33(42)24-17-18-24)23-13-11-8-12-14-23;1-23(2)15-13-26-19(18(15)23)17(27)12-14(20(28)21(25)29)10-8-6-4-3-5-7-9-11-16(24)22(26)30;2-1-3/h2*23-26,28-29,31-32H,3-22H2,1-2H3,(H2,38,44);14-16,18-19H,3-13,24H2,1-2H3,(H2,25,29);1H,(H,2,3)/t2*25-,26-,28+,29+,31+,32-;14-,15+,16+,18+,19-;/m111./s1. The Kier molecular flexibility index (Phi) is 35.6. The molecule has 0 bridgehead atoms. The van der Waals surface area contributed by atoms with Crippen molar-refractivity contribution in [2.75, 3.05) is 19.6 Å². The summed E-state index contributed by atoms with van der Waals surface area (Å²) in [6, 6.07) is -2.41. The van der Waals surface area contributed by atoms with E-state index in [1.807, 2.05) is 0 Å². The molecule has 686 valence electrons. The Morgan fingerprint density at radius 1 is 0.350 bits per heavy atom. The van der Waals surface area contributed by atoms with Gasteiger partial charge in [-0.05, 0) is 153 Å². The molecule has 6 heterocycles. The fraction of sp³-hybridized carbons (Fsp3) is 0.827. The van der Waals surface area contributed by atoms with Crippen LogP contribution in [-0.4, -0.2) is 163 Å². The van der Waals surface area contributed by atoms with Crippen molar-refractivity contribution >= 4 is 99.7 Å². The number of carboxylic acid groups (broad SMARTS) is 1. The molecule has 13 aliphatic rings. The molecule has 25 heteroatoms. The Labute approximate surface area is 730 Å². The predicted molar refractivity (Wildman–Crippen MR) is 463 cm³/mol. The van der Waals surface area contributed by atoms with Gasteiger partial charge in [-0.3, -0.25) is 81.5 Å². The number of rotatable bonds is 20. The van der Waals surface area contributed by atoms with Crippen molar-refractivity contribution in [3.63, 3.8) is 0 Å². The summed E-state index contributed by atoms with van der Waals surface area (Å²) in [6.07, 6.45) is 38.7. The number of ketones is 10. The number of fused-ring (bicyclic) bond motifs is 9. The van der Waals surface area contributed by atoms with Crippen LogP contribution in [0.5, 0.6) is 0 Å². The average Bonchev–Trinajstić information content (AvgIpc) is 1.54. The summed E-state index contributed by atoms with van der Waals surface area (Å²) in [4.78, 5) is 224. The SMILES string of the molecule is CC1(C)[C@@H]2[C@H]3C(=O)C[C@H](C(=O)C(N)=O)CCCCCCCCC[C@H](CC(=O)C[C@H](C(=O)C4CC4)C4CCCCC4)C(=O)N3C[C@@H]21.CC1(C)[C@@H]2[C@H]3C(=O)C[C@H](C(=O)C(N)=O)CCCCCCCCC[C@H](CC(=O)C[C@H](C(=O)C4CC4)C4CCCCC4)C(=O)N3C[C@@H]21.CC1(C)[C@@H]2[C@H]3C(=O)C[C@H](C(=O)C(N)=O)CCCCCCCCC[C@H](N)C(=O)N3C[C@@H]21.O=CO. The van der Waals surface area contributed by atoms with Gasteiger partial charge in [-0.1, -0.05) is 215 Å². The number of nitrogens with zero attached hydrogens (tertiary/aromatic N) is 3. The van der Waals surface area contributed by atoms with Gasteiger partial charge in [-0.25, -0.2) is 0 Å².